The molecule has 47 heteroatoms. The molecule has 11 aromatic rings. The van der Waals surface area contributed by atoms with Crippen molar-refractivity contribution in [3.05, 3.63) is 240 Å². The molecule has 21 rings (SSSR count). The Morgan fingerprint density at radius 2 is 0.878 bits per heavy atom. The molecule has 4 atom stereocenters. The van der Waals surface area contributed by atoms with Crippen molar-refractivity contribution in [3.63, 3.8) is 0 Å². The number of aliphatic hydroxyl groups is 1. The summed E-state index contributed by atoms with van der Waals surface area (Å²) < 4.78 is 36.8. The summed E-state index contributed by atoms with van der Waals surface area (Å²) in [4.78, 5) is 192. The Hall–Kier alpha value is -12.6. The largest absolute Gasteiger partial charge is 1.00 e. The van der Waals surface area contributed by atoms with E-state index < -0.39 is 28.6 Å². The van der Waals surface area contributed by atoms with Gasteiger partial charge in [0, 0.05) is 156 Å². The van der Waals surface area contributed by atoms with E-state index in [2.05, 4.69) is 95.2 Å². The number of hydrogen-bond acceptors (Lipinski definition) is 36. The normalized spacial score (nSPS) is 18.7. The fourth-order valence-corrected chi connectivity index (χ4v) is 16.5. The average molecular weight is 1790 g/mol. The number of urea groups is 2. The quantitative estimate of drug-likeness (QED) is 0.0137. The van der Waals surface area contributed by atoms with Gasteiger partial charge in [0.15, 0.2) is 23.1 Å². The zero-order chi connectivity index (χ0) is 91.1. The van der Waals surface area contributed by atoms with Crippen LogP contribution in [0.15, 0.2) is 178 Å². The van der Waals surface area contributed by atoms with Crippen LogP contribution in [0.1, 0.15) is 97.3 Å². The fourth-order valence-electron chi connectivity index (χ4n) is 16.2. The molecule has 10 aliphatic rings. The number of aliphatic hydroxyl groups excluding tert-OH is 1. The second-order valence-corrected chi connectivity index (χ2v) is 31.6. The van der Waals surface area contributed by atoms with Crippen LogP contribution in [0.4, 0.5) is 15.3 Å². The molecule has 0 aliphatic carbocycles. The third-order valence-electron chi connectivity index (χ3n) is 22.0. The van der Waals surface area contributed by atoms with Crippen LogP contribution in [0.2, 0.25) is 0 Å². The molecule has 5 radical (unpaired) electrons. The van der Waals surface area contributed by atoms with Gasteiger partial charge in [0.25, 0.3) is 37.1 Å². The summed E-state index contributed by atoms with van der Waals surface area (Å²) in [5, 5.41) is 20.1. The van der Waals surface area contributed by atoms with E-state index in [1.807, 2.05) is 53.3 Å². The van der Waals surface area contributed by atoms with Gasteiger partial charge in [-0.3, -0.25) is 58.8 Å². The van der Waals surface area contributed by atoms with Crippen molar-refractivity contribution in [2.75, 3.05) is 77.4 Å². The van der Waals surface area contributed by atoms with Crippen molar-refractivity contribution in [1.82, 2.24) is 104 Å². The number of carbonyl (C=O) groups excluding carboxylic acids is 11. The number of pyridine rings is 11. The van der Waals surface area contributed by atoms with Gasteiger partial charge >= 0.3 is 41.6 Å². The molecule has 0 spiro atoms. The Morgan fingerprint density at radius 3 is 1.39 bits per heavy atom. The number of anilines is 1. The Balaban J connectivity index is 0.000000124. The molecule has 3 N–H and O–H groups in total. The number of nitrogens with zero attached hydrogens (tertiary/aromatic N) is 20. The Labute approximate surface area is 774 Å². The molecule has 11 aromatic heterocycles. The topological polar surface area (TPSA) is 488 Å². The van der Waals surface area contributed by atoms with Gasteiger partial charge in [0.2, 0.25) is 10.4 Å². The predicted molar refractivity (Wildman–Crippen MR) is 472 cm³/mol. The van der Waals surface area contributed by atoms with E-state index in [-0.39, 0.29) is 116 Å². The van der Waals surface area contributed by atoms with Gasteiger partial charge in [0.1, 0.15) is 12.1 Å². The summed E-state index contributed by atoms with van der Waals surface area (Å²) in [5.41, 5.74) is 19.0. The molecular formula is C84H77B5N22NaO18S. The second-order valence-electron chi connectivity index (χ2n) is 30.7. The number of amides is 4. The Bertz CT molecular complexity index is 6430. The van der Waals surface area contributed by atoms with Gasteiger partial charge in [-0.25, -0.2) is 42.9 Å². The number of hydrogen-bond donors (Lipinski definition) is 3. The number of β-amino-alcohol motifs (C(OH)–C–C–N with tert-alkyl or cyclic N) is 1. The van der Waals surface area contributed by atoms with Crippen LogP contribution < -0.4 is 40.4 Å². The van der Waals surface area contributed by atoms with E-state index in [1.165, 1.54) is 51.8 Å². The summed E-state index contributed by atoms with van der Waals surface area (Å²) in [6, 6.07) is 19.4. The van der Waals surface area contributed by atoms with Crippen molar-refractivity contribution in [1.29, 1.82) is 0 Å². The van der Waals surface area contributed by atoms with Gasteiger partial charge in [-0.1, -0.05) is 12.2 Å². The molecule has 131 heavy (non-hydrogen) atoms. The average Bonchev–Trinajstić information content (AvgIpc) is 1.56. The maximum absolute atomic E-state index is 12.3. The van der Waals surface area contributed by atoms with Gasteiger partial charge in [0.05, 0.1) is 201 Å². The summed E-state index contributed by atoms with van der Waals surface area (Å²) in [6.07, 6.45) is 27.3. The fraction of sp³-hybridized carbons (Fsp3) is 0.262. The van der Waals surface area contributed by atoms with Crippen molar-refractivity contribution >= 4 is 174 Å². The number of aromatic nitrogens is 11. The van der Waals surface area contributed by atoms with Gasteiger partial charge in [-0.2, -0.15) is 19.9 Å². The van der Waals surface area contributed by atoms with Crippen LogP contribution in [0.3, 0.4) is 0 Å². The van der Waals surface area contributed by atoms with Crippen LogP contribution in [0.25, 0.3) is 54.5 Å². The van der Waals surface area contributed by atoms with Crippen molar-refractivity contribution in [2.24, 2.45) is 0 Å². The second kappa shape index (κ2) is 43.4. The molecule has 0 aromatic carbocycles. The Kier molecular flexibility index (Phi) is 31.3. The molecule has 3 fully saturated rings. The van der Waals surface area contributed by atoms with Crippen LogP contribution in [0, 0.1) is 0 Å². The molecule has 4 amide bonds. The molecule has 4 bridgehead atoms. The number of piperidine rings is 1. The van der Waals surface area contributed by atoms with E-state index in [0.29, 0.717) is 124 Å². The number of rotatable bonds is 19. The van der Waals surface area contributed by atoms with E-state index in [9.17, 15) is 70.8 Å². The number of Topliss-reactive ketones (excluding diaryl/α,β-unsaturated/α-hetero) is 4. The summed E-state index contributed by atoms with van der Waals surface area (Å²) in [7, 11) is 1.93. The number of fused-ring (bicyclic) bond motifs is 17. The van der Waals surface area contributed by atoms with E-state index in [1.54, 1.807) is 112 Å². The summed E-state index contributed by atoms with van der Waals surface area (Å²) >= 11 is 0. The van der Waals surface area contributed by atoms with E-state index in [0.717, 1.165) is 118 Å². The van der Waals surface area contributed by atoms with E-state index in [4.69, 9.17) is 9.68 Å². The van der Waals surface area contributed by atoms with Crippen molar-refractivity contribution in [2.45, 2.75) is 69.8 Å². The molecule has 4 unspecified atom stereocenters. The molecule has 10 aliphatic heterocycles. The number of hydroxylamine groups is 5. The first-order valence-corrected chi connectivity index (χ1v) is 41.9. The SMILES string of the molecule is C=CCON1C(=O)N2Cc3nc4cnccc4cc3C1C2.C=CCONC1CN([B]C=O)Cc2nc3cnccc3cc21.O=C1N2Cc3nc4cnccc4cc3C(C2)N1OS(=O)(=O)[O-].O=C[B]N1CC(=O)C2=C(C1)Nc1cnccc1C2.O=C[B]N1CC(=O)CC(=O)C1.O=C[B]N1CC(=O)c2cc3ccncc3nc2C1.O=C[B]N1Cc2nc3cnccc3cc2C(O)C1.[Na+]. The predicted octanol–water partition coefficient (Wildman–Crippen LogP) is -0.276. The summed E-state index contributed by atoms with van der Waals surface area (Å²) in [5.74, 6) is -0.191. The van der Waals surface area contributed by atoms with Crippen molar-refractivity contribution < 1.29 is 114 Å². The van der Waals surface area contributed by atoms with Crippen LogP contribution in [-0.4, -0.2) is 292 Å². The monoisotopic (exact) mass is 1790 g/mol. The third-order valence-corrected chi connectivity index (χ3v) is 22.3. The van der Waals surface area contributed by atoms with Gasteiger partial charge in [-0.05, 0) is 77.9 Å². The first-order valence-electron chi connectivity index (χ1n) is 40.6. The number of carbonyl (C=O) groups is 11. The number of nitrogens with one attached hydrogen (secondary N) is 2. The first kappa shape index (κ1) is 94.5. The van der Waals surface area contributed by atoms with Gasteiger partial charge in [-0.15, -0.1) is 13.2 Å². The summed E-state index contributed by atoms with van der Waals surface area (Å²) in [6.45, 7) is 13.7. The van der Waals surface area contributed by atoms with Crippen LogP contribution in [-0.2, 0) is 102 Å². The van der Waals surface area contributed by atoms with Crippen LogP contribution in [0.5, 0.6) is 0 Å². The molecule has 653 valence electrons. The zero-order valence-corrected chi connectivity index (χ0v) is 73.2. The zero-order valence-electron chi connectivity index (χ0n) is 70.4. The molecule has 40 nitrogen and oxygen atoms in total. The number of ketones is 4. The molecular weight excluding hydrogens is 1710 g/mol. The van der Waals surface area contributed by atoms with Crippen LogP contribution >= 0.6 is 0 Å². The molecule has 21 heterocycles. The minimum atomic E-state index is -5.03. The minimum Gasteiger partial charge on any atom is -0.724 e. The van der Waals surface area contributed by atoms with Crippen molar-refractivity contribution in [3.8, 4) is 0 Å². The van der Waals surface area contributed by atoms with E-state index >= 15 is 0 Å². The third kappa shape index (κ3) is 22.7. The van der Waals surface area contributed by atoms with Gasteiger partial charge < -0.3 is 72.8 Å². The molecule has 3 saturated heterocycles. The Morgan fingerprint density at radius 1 is 0.466 bits per heavy atom. The standard InChI is InChI=1S/C15H16BN4O2.C15H14N4O2.2C12H11BN3O2.C12H9BN3O2.C12H10N4O5S.C6H7BNO3.Na/c1-2-5-22-19-15-9-20(16-10-21)8-14-12(15)6-11-3-4-17-7-13(11)18-14;1-2-5-21-19-14-9-18(15(19)20)8-13-11(14)6-10-3-4-16-7-12(10)17-13;3*17-7-13-16-5-11-9(12(18)6-16)3-8-1-2-14-4-10(8)15-11;17-12-15-5-10-8(3-7-1-2-13-4-9(7)14-10)11(6-15)16(12)21-22(18,19)20;9-4-7-8-2-5(10)1-6(11)3-8;/h2-4,6-7,10,15,19H,1,5,8-9H2;2-4,6-7,14H,1,5,8-9H2;1-2,4,7,15H,3,5-6H2;1-4,7,12,18H,5-6H2;1-4,7H,5-6H2;1-4,11H,5-6H2,(H,18,19,20);4H,1-3H2;/q;;;;;;;+1/p-1. The first-order chi connectivity index (χ1) is 63.1. The minimum absolute atomic E-state index is 0. The smallest absolute Gasteiger partial charge is 0.724 e. The molecule has 0 saturated carbocycles. The maximum atomic E-state index is 12.3. The maximum Gasteiger partial charge on any atom is 1.00 e.